The van der Waals surface area contributed by atoms with Crippen LogP contribution in [0.3, 0.4) is 0 Å². The summed E-state index contributed by atoms with van der Waals surface area (Å²) >= 11 is 0. The van der Waals surface area contributed by atoms with E-state index in [-0.39, 0.29) is 5.41 Å². The fourth-order valence-electron chi connectivity index (χ4n) is 5.15. The van der Waals surface area contributed by atoms with Gasteiger partial charge < -0.3 is 0 Å². The molecule has 0 saturated heterocycles. The third-order valence-corrected chi connectivity index (χ3v) is 7.04. The molecule has 1 aliphatic rings. The lowest BCUT2D eigenvalue weighted by molar-refractivity contribution is 0.696. The normalized spacial score (nSPS) is 13.6. The van der Waals surface area contributed by atoms with Crippen LogP contribution in [0, 0.1) is 34.6 Å². The van der Waals surface area contributed by atoms with E-state index in [1.807, 2.05) is 0 Å². The van der Waals surface area contributed by atoms with Gasteiger partial charge in [0, 0.05) is 0 Å². The average molecular weight is 379 g/mol. The molecule has 29 heavy (non-hydrogen) atoms. The van der Waals surface area contributed by atoms with Crippen LogP contribution in [0.25, 0.3) is 0 Å². The minimum Gasteiger partial charge on any atom is -0.0804 e. The molecule has 0 atom stereocenters. The molecule has 3 aromatic rings. The van der Waals surface area contributed by atoms with Crippen LogP contribution < -0.4 is 0 Å². The average Bonchev–Trinajstić information content (AvgIpc) is 3.30. The summed E-state index contributed by atoms with van der Waals surface area (Å²) in [5.41, 5.74) is 12.3. The van der Waals surface area contributed by atoms with Crippen LogP contribution >= 0.6 is 0 Å². The van der Waals surface area contributed by atoms with Gasteiger partial charge in [-0.05, 0) is 91.1 Å². The first-order valence-corrected chi connectivity index (χ1v) is 10.5. The zero-order chi connectivity index (χ0) is 20.6. The van der Waals surface area contributed by atoms with Gasteiger partial charge in [0.15, 0.2) is 0 Å². The maximum atomic E-state index is 2.34. The van der Waals surface area contributed by atoms with Crippen molar-refractivity contribution in [1.29, 1.82) is 0 Å². The predicted octanol–water partition coefficient (Wildman–Crippen LogP) is 7.45. The second-order valence-corrected chi connectivity index (χ2v) is 8.31. The van der Waals surface area contributed by atoms with E-state index in [1.165, 1.54) is 50.1 Å². The van der Waals surface area contributed by atoms with Crippen molar-refractivity contribution in [2.24, 2.45) is 0 Å². The number of rotatable bonds is 4. The number of allylic oxidation sites excluding steroid dienone is 4. The molecule has 0 aliphatic heterocycles. The molecule has 0 amide bonds. The Kier molecular flexibility index (Phi) is 5.04. The molecule has 0 heterocycles. The van der Waals surface area contributed by atoms with Gasteiger partial charge in [-0.2, -0.15) is 0 Å². The summed E-state index contributed by atoms with van der Waals surface area (Å²) in [4.78, 5) is 0. The van der Waals surface area contributed by atoms with Crippen LogP contribution in [-0.2, 0) is 5.41 Å². The third kappa shape index (κ3) is 2.90. The van der Waals surface area contributed by atoms with E-state index in [2.05, 4.69) is 114 Å². The minimum atomic E-state index is -0.288. The van der Waals surface area contributed by atoms with E-state index in [1.54, 1.807) is 0 Å². The zero-order valence-electron chi connectivity index (χ0n) is 18.2. The smallest absolute Gasteiger partial charge is 0.0672 e. The highest BCUT2D eigenvalue weighted by molar-refractivity contribution is 5.66. The largest absolute Gasteiger partial charge is 0.0804 e. The van der Waals surface area contributed by atoms with E-state index >= 15 is 0 Å². The molecule has 1 aliphatic carbocycles. The van der Waals surface area contributed by atoms with Gasteiger partial charge in [-0.15, -0.1) is 0 Å². The molecule has 0 saturated carbocycles. The van der Waals surface area contributed by atoms with Crippen molar-refractivity contribution in [3.8, 4) is 0 Å². The first-order valence-electron chi connectivity index (χ1n) is 10.5. The molecule has 0 aromatic heterocycles. The quantitative estimate of drug-likeness (QED) is 0.414. The van der Waals surface area contributed by atoms with Gasteiger partial charge in [0.25, 0.3) is 0 Å². The fourth-order valence-corrected chi connectivity index (χ4v) is 5.15. The minimum absolute atomic E-state index is 0.288. The summed E-state index contributed by atoms with van der Waals surface area (Å²) in [6.45, 7) is 11.4. The molecule has 0 spiro atoms. The highest BCUT2D eigenvalue weighted by Gasteiger charge is 2.42. The van der Waals surface area contributed by atoms with Crippen molar-refractivity contribution in [1.82, 2.24) is 0 Å². The van der Waals surface area contributed by atoms with Crippen LogP contribution in [0.1, 0.15) is 50.9 Å². The van der Waals surface area contributed by atoms with Gasteiger partial charge in [-0.1, -0.05) is 78.9 Å². The van der Waals surface area contributed by atoms with Gasteiger partial charge in [0.1, 0.15) is 0 Å². The van der Waals surface area contributed by atoms with Gasteiger partial charge in [0.2, 0.25) is 0 Å². The number of hydrogen-bond acceptors (Lipinski definition) is 0. The first kappa shape index (κ1) is 19.5. The molecule has 0 unspecified atom stereocenters. The molecule has 0 bridgehead atoms. The lowest BCUT2D eigenvalue weighted by Crippen LogP contribution is -2.34. The molecule has 146 valence electrons. The third-order valence-electron chi connectivity index (χ3n) is 7.04. The first-order chi connectivity index (χ1) is 14.0. The van der Waals surface area contributed by atoms with Gasteiger partial charge in [-0.3, -0.25) is 0 Å². The van der Waals surface area contributed by atoms with Crippen LogP contribution in [0.4, 0.5) is 0 Å². The Morgan fingerprint density at radius 1 is 0.586 bits per heavy atom. The Balaban J connectivity index is 2.22. The molecule has 3 aromatic carbocycles. The summed E-state index contributed by atoms with van der Waals surface area (Å²) in [6, 6.07) is 22.1. The van der Waals surface area contributed by atoms with Crippen LogP contribution in [0.15, 0.2) is 84.5 Å². The molecule has 0 nitrogen and oxygen atoms in total. The number of benzene rings is 3. The number of hydrogen-bond donors (Lipinski definition) is 0. The maximum absolute atomic E-state index is 2.34. The zero-order valence-corrected chi connectivity index (χ0v) is 18.2. The van der Waals surface area contributed by atoms with E-state index in [0.29, 0.717) is 0 Å². The van der Waals surface area contributed by atoms with Crippen molar-refractivity contribution in [2.45, 2.75) is 46.5 Å². The maximum Gasteiger partial charge on any atom is 0.0672 e. The second kappa shape index (κ2) is 7.52. The molecular formula is C29H30. The Bertz CT molecular complexity index is 1030. The standard InChI is InChI=1S/C29H30/c1-20-21(2)23(4)28(24(5)22(20)3)29(27-18-12-13-19-27,25-14-8-6-9-15-25)26-16-10-7-11-17-26/h6-18H,19H2,1-5H3. The van der Waals surface area contributed by atoms with Gasteiger partial charge in [-0.25, -0.2) is 0 Å². The van der Waals surface area contributed by atoms with Crippen LogP contribution in [-0.4, -0.2) is 0 Å². The Morgan fingerprint density at radius 3 is 1.45 bits per heavy atom. The SMILES string of the molecule is Cc1c(C)c(C)c(C(C2=CC=CC2)(c2ccccc2)c2ccccc2)c(C)c1C. The lowest BCUT2D eigenvalue weighted by Gasteiger charge is -2.41. The molecule has 0 radical (unpaired) electrons. The monoisotopic (exact) mass is 378 g/mol. The highest BCUT2D eigenvalue weighted by Crippen LogP contribution is 2.51. The van der Waals surface area contributed by atoms with Crippen molar-refractivity contribution in [3.63, 3.8) is 0 Å². The Morgan fingerprint density at radius 2 is 1.03 bits per heavy atom. The van der Waals surface area contributed by atoms with Gasteiger partial charge >= 0.3 is 0 Å². The summed E-state index contributed by atoms with van der Waals surface area (Å²) in [7, 11) is 0. The summed E-state index contributed by atoms with van der Waals surface area (Å²) < 4.78 is 0. The molecule has 0 fully saturated rings. The molecule has 0 N–H and O–H groups in total. The van der Waals surface area contributed by atoms with Crippen LogP contribution in [0.2, 0.25) is 0 Å². The van der Waals surface area contributed by atoms with Crippen molar-refractivity contribution in [2.75, 3.05) is 0 Å². The predicted molar refractivity (Wildman–Crippen MR) is 125 cm³/mol. The van der Waals surface area contributed by atoms with Crippen molar-refractivity contribution in [3.05, 3.63) is 129 Å². The molecular weight excluding hydrogens is 348 g/mol. The second-order valence-electron chi connectivity index (χ2n) is 8.31. The molecule has 0 heteroatoms. The summed E-state index contributed by atoms with van der Waals surface area (Å²) in [5.74, 6) is 0. The summed E-state index contributed by atoms with van der Waals surface area (Å²) in [5, 5.41) is 0. The fraction of sp³-hybridized carbons (Fsp3) is 0.241. The van der Waals surface area contributed by atoms with E-state index < -0.39 is 0 Å². The van der Waals surface area contributed by atoms with E-state index in [4.69, 9.17) is 0 Å². The Labute approximate surface area is 175 Å². The lowest BCUT2D eigenvalue weighted by atomic mass is 9.61. The highest BCUT2D eigenvalue weighted by atomic mass is 14.4. The van der Waals surface area contributed by atoms with Crippen molar-refractivity contribution < 1.29 is 0 Å². The van der Waals surface area contributed by atoms with E-state index in [9.17, 15) is 0 Å². The molecule has 4 rings (SSSR count). The van der Waals surface area contributed by atoms with E-state index in [0.717, 1.165) is 6.42 Å². The topological polar surface area (TPSA) is 0 Å². The summed E-state index contributed by atoms with van der Waals surface area (Å²) in [6.07, 6.45) is 7.82. The van der Waals surface area contributed by atoms with Gasteiger partial charge in [0.05, 0.1) is 5.41 Å². The van der Waals surface area contributed by atoms with Crippen molar-refractivity contribution >= 4 is 0 Å². The Hall–Kier alpha value is -2.86. The van der Waals surface area contributed by atoms with Crippen LogP contribution in [0.5, 0.6) is 0 Å².